The first-order chi connectivity index (χ1) is 9.21. The highest BCUT2D eigenvalue weighted by atomic mass is 16.5. The predicted molar refractivity (Wildman–Crippen MR) is 72.9 cm³/mol. The molecular weight excluding hydrogens is 242 g/mol. The number of carbonyl (C=O) groups excluding carboxylic acids is 1. The van der Waals surface area contributed by atoms with Gasteiger partial charge in [0.05, 0.1) is 14.2 Å². The Labute approximate surface area is 112 Å². The minimum absolute atomic E-state index is 0.542. The van der Waals surface area contributed by atoms with Crippen molar-refractivity contribution in [2.75, 3.05) is 14.2 Å². The van der Waals surface area contributed by atoms with Crippen LogP contribution in [0.4, 0.5) is 0 Å². The maximum absolute atomic E-state index is 11.3. The van der Waals surface area contributed by atoms with Crippen molar-refractivity contribution in [2.45, 2.75) is 6.92 Å². The molecule has 1 aromatic heterocycles. The van der Waals surface area contributed by atoms with E-state index in [0.29, 0.717) is 17.1 Å². The Morgan fingerprint density at radius 2 is 1.79 bits per heavy atom. The fourth-order valence-electron chi connectivity index (χ4n) is 2.00. The summed E-state index contributed by atoms with van der Waals surface area (Å²) >= 11 is 0. The van der Waals surface area contributed by atoms with Crippen LogP contribution in [-0.4, -0.2) is 25.5 Å². The van der Waals surface area contributed by atoms with Crippen molar-refractivity contribution in [1.29, 1.82) is 0 Å². The van der Waals surface area contributed by atoms with Gasteiger partial charge in [-0.15, -0.1) is 0 Å². The van der Waals surface area contributed by atoms with E-state index in [1.165, 1.54) is 0 Å². The molecule has 0 radical (unpaired) electrons. The van der Waals surface area contributed by atoms with Gasteiger partial charge in [-0.25, -0.2) is 0 Å². The van der Waals surface area contributed by atoms with Crippen molar-refractivity contribution in [3.05, 3.63) is 41.7 Å². The number of rotatable bonds is 4. The van der Waals surface area contributed by atoms with Gasteiger partial charge in [-0.2, -0.15) is 0 Å². The SMILES string of the molecule is COc1cc(C=O)c(-c2ccncc2C)cc1OC. The lowest BCUT2D eigenvalue weighted by atomic mass is 9.97. The topological polar surface area (TPSA) is 48.4 Å². The van der Waals surface area contributed by atoms with E-state index in [4.69, 9.17) is 9.47 Å². The molecule has 2 rings (SSSR count). The van der Waals surface area contributed by atoms with Gasteiger partial charge in [0, 0.05) is 18.0 Å². The molecule has 0 bridgehead atoms. The molecule has 2 aromatic rings. The van der Waals surface area contributed by atoms with Crippen LogP contribution in [0.3, 0.4) is 0 Å². The highest BCUT2D eigenvalue weighted by molar-refractivity contribution is 5.90. The van der Waals surface area contributed by atoms with E-state index in [0.717, 1.165) is 23.0 Å². The molecule has 0 aliphatic rings. The molecule has 0 saturated carbocycles. The number of benzene rings is 1. The first-order valence-electron chi connectivity index (χ1n) is 5.83. The van der Waals surface area contributed by atoms with Crippen LogP contribution in [0, 0.1) is 6.92 Å². The maximum Gasteiger partial charge on any atom is 0.161 e. The Morgan fingerprint density at radius 1 is 1.11 bits per heavy atom. The second-order valence-corrected chi connectivity index (χ2v) is 4.10. The highest BCUT2D eigenvalue weighted by Gasteiger charge is 2.13. The fourth-order valence-corrected chi connectivity index (χ4v) is 2.00. The summed E-state index contributed by atoms with van der Waals surface area (Å²) in [5, 5.41) is 0. The summed E-state index contributed by atoms with van der Waals surface area (Å²) in [6, 6.07) is 5.37. The zero-order valence-electron chi connectivity index (χ0n) is 11.1. The van der Waals surface area contributed by atoms with Crippen molar-refractivity contribution in [3.63, 3.8) is 0 Å². The minimum Gasteiger partial charge on any atom is -0.493 e. The Kier molecular flexibility index (Phi) is 3.80. The van der Waals surface area contributed by atoms with Crippen molar-refractivity contribution in [1.82, 2.24) is 4.98 Å². The maximum atomic E-state index is 11.3. The van der Waals surface area contributed by atoms with Gasteiger partial charge in [-0.1, -0.05) is 0 Å². The molecule has 1 heterocycles. The van der Waals surface area contributed by atoms with E-state index in [9.17, 15) is 4.79 Å². The zero-order chi connectivity index (χ0) is 13.8. The molecular formula is C15H15NO3. The number of aromatic nitrogens is 1. The highest BCUT2D eigenvalue weighted by Crippen LogP contribution is 2.35. The van der Waals surface area contributed by atoms with Gasteiger partial charge >= 0.3 is 0 Å². The average molecular weight is 257 g/mol. The molecule has 0 atom stereocenters. The second-order valence-electron chi connectivity index (χ2n) is 4.10. The van der Waals surface area contributed by atoms with E-state index in [1.807, 2.05) is 19.1 Å². The number of hydrogen-bond acceptors (Lipinski definition) is 4. The van der Waals surface area contributed by atoms with E-state index in [1.54, 1.807) is 32.7 Å². The summed E-state index contributed by atoms with van der Waals surface area (Å²) in [7, 11) is 3.12. The lowest BCUT2D eigenvalue weighted by Gasteiger charge is -2.13. The third kappa shape index (κ3) is 2.42. The number of methoxy groups -OCH3 is 2. The second kappa shape index (κ2) is 5.52. The molecule has 4 heteroatoms. The van der Waals surface area contributed by atoms with Crippen molar-refractivity contribution < 1.29 is 14.3 Å². The Hall–Kier alpha value is -2.36. The first-order valence-corrected chi connectivity index (χ1v) is 5.83. The summed E-state index contributed by atoms with van der Waals surface area (Å²) in [6.07, 6.45) is 4.28. The summed E-state index contributed by atoms with van der Waals surface area (Å²) < 4.78 is 10.5. The number of aryl methyl sites for hydroxylation is 1. The molecule has 0 amide bonds. The number of ether oxygens (including phenoxy) is 2. The number of hydrogen-bond donors (Lipinski definition) is 0. The van der Waals surface area contributed by atoms with E-state index >= 15 is 0 Å². The molecule has 0 saturated heterocycles. The minimum atomic E-state index is 0.542. The fraction of sp³-hybridized carbons (Fsp3) is 0.200. The summed E-state index contributed by atoms with van der Waals surface area (Å²) in [5.74, 6) is 1.14. The number of pyridine rings is 1. The lowest BCUT2D eigenvalue weighted by Crippen LogP contribution is -1.96. The van der Waals surface area contributed by atoms with Crippen LogP contribution in [-0.2, 0) is 0 Å². The largest absolute Gasteiger partial charge is 0.493 e. The van der Waals surface area contributed by atoms with Gasteiger partial charge in [0.2, 0.25) is 0 Å². The monoisotopic (exact) mass is 257 g/mol. The van der Waals surface area contributed by atoms with E-state index in [2.05, 4.69) is 4.98 Å². The van der Waals surface area contributed by atoms with Gasteiger partial charge in [-0.3, -0.25) is 9.78 Å². The molecule has 19 heavy (non-hydrogen) atoms. The quantitative estimate of drug-likeness (QED) is 0.790. The molecule has 4 nitrogen and oxygen atoms in total. The van der Waals surface area contributed by atoms with Crippen LogP contribution in [0.1, 0.15) is 15.9 Å². The molecule has 98 valence electrons. The standard InChI is InChI=1S/C15H15NO3/c1-10-8-16-5-4-12(10)13-7-15(19-3)14(18-2)6-11(13)9-17/h4-9H,1-3H3. The van der Waals surface area contributed by atoms with Gasteiger partial charge in [-0.05, 0) is 41.8 Å². The van der Waals surface area contributed by atoms with Gasteiger partial charge in [0.15, 0.2) is 17.8 Å². The molecule has 0 fully saturated rings. The third-order valence-corrected chi connectivity index (χ3v) is 2.99. The molecule has 1 aromatic carbocycles. The third-order valence-electron chi connectivity index (χ3n) is 2.99. The predicted octanol–water partition coefficient (Wildman–Crippen LogP) is 2.89. The van der Waals surface area contributed by atoms with Crippen LogP contribution in [0.25, 0.3) is 11.1 Å². The Balaban J connectivity index is 2.69. The smallest absolute Gasteiger partial charge is 0.161 e. The van der Waals surface area contributed by atoms with Gasteiger partial charge in [0.25, 0.3) is 0 Å². The van der Waals surface area contributed by atoms with Crippen molar-refractivity contribution in [3.8, 4) is 22.6 Å². The molecule has 0 N–H and O–H groups in total. The van der Waals surface area contributed by atoms with Gasteiger partial charge in [0.1, 0.15) is 0 Å². The summed E-state index contributed by atoms with van der Waals surface area (Å²) in [6.45, 7) is 1.95. The van der Waals surface area contributed by atoms with Crippen LogP contribution in [0.2, 0.25) is 0 Å². The Morgan fingerprint density at radius 3 is 2.37 bits per heavy atom. The van der Waals surface area contributed by atoms with Crippen LogP contribution in [0.15, 0.2) is 30.6 Å². The average Bonchev–Trinajstić information content (AvgIpc) is 2.46. The zero-order valence-corrected chi connectivity index (χ0v) is 11.1. The lowest BCUT2D eigenvalue weighted by molar-refractivity contribution is 0.112. The van der Waals surface area contributed by atoms with Crippen molar-refractivity contribution in [2.24, 2.45) is 0 Å². The van der Waals surface area contributed by atoms with Crippen LogP contribution in [0.5, 0.6) is 11.5 Å². The molecule has 0 spiro atoms. The number of nitrogens with zero attached hydrogens (tertiary/aromatic N) is 1. The molecule has 0 aliphatic carbocycles. The normalized spacial score (nSPS) is 10.1. The van der Waals surface area contributed by atoms with E-state index in [-0.39, 0.29) is 0 Å². The summed E-state index contributed by atoms with van der Waals surface area (Å²) in [5.41, 5.74) is 3.33. The van der Waals surface area contributed by atoms with Gasteiger partial charge < -0.3 is 9.47 Å². The summed E-state index contributed by atoms with van der Waals surface area (Å²) in [4.78, 5) is 15.3. The number of aldehydes is 1. The van der Waals surface area contributed by atoms with E-state index < -0.39 is 0 Å². The van der Waals surface area contributed by atoms with Crippen LogP contribution < -0.4 is 9.47 Å². The first kappa shape index (κ1) is 13.1. The number of carbonyl (C=O) groups is 1. The van der Waals surface area contributed by atoms with Crippen LogP contribution >= 0.6 is 0 Å². The molecule has 0 aliphatic heterocycles. The molecule has 0 unspecified atom stereocenters. The van der Waals surface area contributed by atoms with Crippen molar-refractivity contribution >= 4 is 6.29 Å². The Bertz CT molecular complexity index is 608.